The van der Waals surface area contributed by atoms with E-state index in [4.69, 9.17) is 16.3 Å². The molecule has 0 aromatic carbocycles. The summed E-state index contributed by atoms with van der Waals surface area (Å²) in [4.78, 5) is 0. The SMILES string of the molecule is C[C](Cl)OC1CC1C(C)C. The molecule has 1 nitrogen and oxygen atoms in total. The Labute approximate surface area is 67.7 Å². The zero-order valence-electron chi connectivity index (χ0n) is 6.73. The lowest BCUT2D eigenvalue weighted by atomic mass is 10.1. The van der Waals surface area contributed by atoms with Crippen LogP contribution in [-0.2, 0) is 4.74 Å². The van der Waals surface area contributed by atoms with Crippen LogP contribution in [0.4, 0.5) is 0 Å². The van der Waals surface area contributed by atoms with Gasteiger partial charge in [0.15, 0.2) is 5.56 Å². The van der Waals surface area contributed by atoms with Gasteiger partial charge in [-0.15, -0.1) is 0 Å². The maximum Gasteiger partial charge on any atom is 0.181 e. The van der Waals surface area contributed by atoms with Crippen LogP contribution in [0.25, 0.3) is 0 Å². The van der Waals surface area contributed by atoms with Crippen LogP contribution in [0.1, 0.15) is 27.2 Å². The highest BCUT2D eigenvalue weighted by atomic mass is 35.5. The van der Waals surface area contributed by atoms with E-state index >= 15 is 0 Å². The zero-order chi connectivity index (χ0) is 7.72. The zero-order valence-corrected chi connectivity index (χ0v) is 7.48. The maximum absolute atomic E-state index is 5.58. The van der Waals surface area contributed by atoms with Gasteiger partial charge in [0.25, 0.3) is 0 Å². The largest absolute Gasteiger partial charge is 0.352 e. The van der Waals surface area contributed by atoms with Crippen LogP contribution in [0.15, 0.2) is 0 Å². The van der Waals surface area contributed by atoms with Crippen molar-refractivity contribution in [2.75, 3.05) is 0 Å². The van der Waals surface area contributed by atoms with Gasteiger partial charge in [-0.3, -0.25) is 0 Å². The third-order valence-corrected chi connectivity index (χ3v) is 2.04. The Hall–Kier alpha value is 0.250. The third-order valence-electron chi connectivity index (χ3n) is 1.95. The molecule has 1 saturated carbocycles. The van der Waals surface area contributed by atoms with Gasteiger partial charge in [0.05, 0.1) is 6.10 Å². The molecule has 0 aromatic heterocycles. The minimum absolute atomic E-state index is 0.414. The van der Waals surface area contributed by atoms with E-state index in [2.05, 4.69) is 13.8 Å². The van der Waals surface area contributed by atoms with Crippen LogP contribution in [0.2, 0.25) is 0 Å². The van der Waals surface area contributed by atoms with Crippen LogP contribution in [-0.4, -0.2) is 6.10 Å². The number of ether oxygens (including phenoxy) is 1. The fourth-order valence-corrected chi connectivity index (χ4v) is 1.35. The second-order valence-corrected chi connectivity index (χ2v) is 3.80. The van der Waals surface area contributed by atoms with E-state index in [1.807, 2.05) is 0 Å². The molecule has 10 heavy (non-hydrogen) atoms. The van der Waals surface area contributed by atoms with Crippen molar-refractivity contribution in [3.63, 3.8) is 0 Å². The Morgan fingerprint density at radius 3 is 2.50 bits per heavy atom. The minimum atomic E-state index is 0.414. The van der Waals surface area contributed by atoms with Gasteiger partial charge in [-0.1, -0.05) is 25.4 Å². The molecule has 0 heterocycles. The van der Waals surface area contributed by atoms with E-state index in [0.717, 1.165) is 11.8 Å². The van der Waals surface area contributed by atoms with Gasteiger partial charge in [-0.25, -0.2) is 0 Å². The molecule has 1 aliphatic rings. The lowest BCUT2D eigenvalue weighted by Gasteiger charge is -2.04. The molecule has 1 aliphatic carbocycles. The highest BCUT2D eigenvalue weighted by Crippen LogP contribution is 2.41. The summed E-state index contributed by atoms with van der Waals surface area (Å²) in [7, 11) is 0. The molecule has 0 aliphatic heterocycles. The van der Waals surface area contributed by atoms with Crippen LogP contribution in [0, 0.1) is 17.4 Å². The van der Waals surface area contributed by atoms with E-state index in [9.17, 15) is 0 Å². The second-order valence-electron chi connectivity index (χ2n) is 3.27. The van der Waals surface area contributed by atoms with Crippen molar-refractivity contribution in [1.82, 2.24) is 0 Å². The first-order chi connectivity index (χ1) is 4.61. The summed E-state index contributed by atoms with van der Waals surface area (Å²) in [5.41, 5.74) is 0.577. The Morgan fingerprint density at radius 2 is 2.20 bits per heavy atom. The lowest BCUT2D eigenvalue weighted by Crippen LogP contribution is -2.01. The number of hydrogen-bond acceptors (Lipinski definition) is 1. The molecule has 2 unspecified atom stereocenters. The van der Waals surface area contributed by atoms with E-state index in [-0.39, 0.29) is 0 Å². The molecule has 0 spiro atoms. The fourth-order valence-electron chi connectivity index (χ4n) is 1.24. The molecule has 1 radical (unpaired) electrons. The Bertz CT molecular complexity index is 112. The quantitative estimate of drug-likeness (QED) is 0.619. The summed E-state index contributed by atoms with van der Waals surface area (Å²) >= 11 is 5.58. The average Bonchev–Trinajstić information content (AvgIpc) is 2.43. The molecule has 1 rings (SSSR count). The summed E-state index contributed by atoms with van der Waals surface area (Å²) in [6, 6.07) is 0. The molecule has 0 amide bonds. The molecule has 2 atom stereocenters. The Kier molecular flexibility index (Phi) is 2.59. The van der Waals surface area contributed by atoms with E-state index < -0.39 is 0 Å². The average molecular weight is 162 g/mol. The molecular weight excluding hydrogens is 148 g/mol. The second kappa shape index (κ2) is 3.10. The molecule has 0 saturated heterocycles. The predicted octanol–water partition coefficient (Wildman–Crippen LogP) is 2.80. The van der Waals surface area contributed by atoms with Crippen molar-refractivity contribution in [1.29, 1.82) is 0 Å². The van der Waals surface area contributed by atoms with Crippen molar-refractivity contribution < 1.29 is 4.74 Å². The highest BCUT2D eigenvalue weighted by molar-refractivity contribution is 6.25. The Balaban J connectivity index is 2.13. The number of hydrogen-bond donors (Lipinski definition) is 0. The number of halogens is 1. The molecular formula is C8H14ClO. The van der Waals surface area contributed by atoms with Crippen molar-refractivity contribution in [3.05, 3.63) is 5.56 Å². The molecule has 0 bridgehead atoms. The van der Waals surface area contributed by atoms with Crippen molar-refractivity contribution in [2.24, 2.45) is 11.8 Å². The maximum atomic E-state index is 5.58. The van der Waals surface area contributed by atoms with Crippen LogP contribution in [0.3, 0.4) is 0 Å². The van der Waals surface area contributed by atoms with Crippen molar-refractivity contribution >= 4 is 11.6 Å². The monoisotopic (exact) mass is 161 g/mol. The van der Waals surface area contributed by atoms with E-state index in [1.54, 1.807) is 6.92 Å². The topological polar surface area (TPSA) is 9.23 Å². The lowest BCUT2D eigenvalue weighted by molar-refractivity contribution is 0.150. The normalized spacial score (nSPS) is 31.8. The first kappa shape index (κ1) is 8.35. The van der Waals surface area contributed by atoms with E-state index in [1.165, 1.54) is 6.42 Å². The van der Waals surface area contributed by atoms with Crippen molar-refractivity contribution in [2.45, 2.75) is 33.3 Å². The van der Waals surface area contributed by atoms with Crippen LogP contribution < -0.4 is 0 Å². The summed E-state index contributed by atoms with van der Waals surface area (Å²) in [6.45, 7) is 6.23. The first-order valence-electron chi connectivity index (χ1n) is 3.77. The summed E-state index contributed by atoms with van der Waals surface area (Å²) in [6.07, 6.45) is 1.60. The molecule has 1 fully saturated rings. The summed E-state index contributed by atoms with van der Waals surface area (Å²) < 4.78 is 5.32. The highest BCUT2D eigenvalue weighted by Gasteiger charge is 2.41. The molecule has 0 N–H and O–H groups in total. The number of rotatable bonds is 3. The molecule has 0 aromatic rings. The third kappa shape index (κ3) is 2.14. The summed E-state index contributed by atoms with van der Waals surface area (Å²) in [5, 5.41) is 0. The first-order valence-corrected chi connectivity index (χ1v) is 4.14. The molecule has 2 heteroatoms. The standard InChI is InChI=1S/C8H14ClO/c1-5(2)7-4-8(7)10-6(3)9/h5,7-8H,4H2,1-3H3. The summed E-state index contributed by atoms with van der Waals surface area (Å²) in [5.74, 6) is 1.48. The van der Waals surface area contributed by atoms with Gasteiger partial charge in [-0.2, -0.15) is 0 Å². The van der Waals surface area contributed by atoms with Gasteiger partial charge in [0.2, 0.25) is 0 Å². The van der Waals surface area contributed by atoms with Crippen LogP contribution in [0.5, 0.6) is 0 Å². The molecule has 59 valence electrons. The Morgan fingerprint density at radius 1 is 1.60 bits per heavy atom. The minimum Gasteiger partial charge on any atom is -0.352 e. The smallest absolute Gasteiger partial charge is 0.181 e. The predicted molar refractivity (Wildman–Crippen MR) is 42.6 cm³/mol. The van der Waals surface area contributed by atoms with Gasteiger partial charge >= 0.3 is 0 Å². The van der Waals surface area contributed by atoms with Gasteiger partial charge in [0.1, 0.15) is 0 Å². The van der Waals surface area contributed by atoms with E-state index in [0.29, 0.717) is 11.7 Å². The van der Waals surface area contributed by atoms with Gasteiger partial charge in [-0.05, 0) is 25.2 Å². The van der Waals surface area contributed by atoms with Crippen molar-refractivity contribution in [3.8, 4) is 0 Å². The van der Waals surface area contributed by atoms with Crippen LogP contribution >= 0.6 is 11.6 Å². The fraction of sp³-hybridized carbons (Fsp3) is 0.875. The van der Waals surface area contributed by atoms with Gasteiger partial charge in [0, 0.05) is 0 Å². The van der Waals surface area contributed by atoms with Gasteiger partial charge < -0.3 is 4.74 Å².